The van der Waals surface area contributed by atoms with Gasteiger partial charge in [-0.25, -0.2) is 4.79 Å². The molecule has 1 N–H and O–H groups in total. The molecule has 3 nitrogen and oxygen atoms in total. The van der Waals surface area contributed by atoms with Gasteiger partial charge in [0.05, 0.1) is 11.3 Å². The van der Waals surface area contributed by atoms with E-state index >= 15 is 0 Å². The molecule has 14 heavy (non-hydrogen) atoms. The maximum Gasteiger partial charge on any atom is 0.337 e. The van der Waals surface area contributed by atoms with Crippen molar-refractivity contribution in [3.8, 4) is 0 Å². The number of hydrogen-bond donors (Lipinski definition) is 1. The standard InChI is InChI=1S/C11H15NO2/c1-3-12(4-2)10-8-6-5-7-9(10)11(13)14/h5-8H,3-4H2,1-2H3,(H,13,14). The highest BCUT2D eigenvalue weighted by molar-refractivity contribution is 5.94. The van der Waals surface area contributed by atoms with E-state index < -0.39 is 5.97 Å². The molecule has 0 saturated heterocycles. The van der Waals surface area contributed by atoms with Crippen molar-refractivity contribution in [2.24, 2.45) is 0 Å². The fourth-order valence-electron chi connectivity index (χ4n) is 1.49. The Bertz CT molecular complexity index is 319. The topological polar surface area (TPSA) is 40.5 Å². The summed E-state index contributed by atoms with van der Waals surface area (Å²) in [6.45, 7) is 5.67. The Balaban J connectivity index is 3.11. The summed E-state index contributed by atoms with van der Waals surface area (Å²) in [6, 6.07) is 7.09. The summed E-state index contributed by atoms with van der Waals surface area (Å²) in [5, 5.41) is 8.98. The van der Waals surface area contributed by atoms with Crippen LogP contribution in [-0.4, -0.2) is 24.2 Å². The maximum atomic E-state index is 10.9. The van der Waals surface area contributed by atoms with Gasteiger partial charge in [0, 0.05) is 13.1 Å². The average Bonchev–Trinajstić information content (AvgIpc) is 2.20. The van der Waals surface area contributed by atoms with Gasteiger partial charge in [-0.05, 0) is 26.0 Å². The monoisotopic (exact) mass is 193 g/mol. The number of carboxylic acids is 1. The molecule has 3 heteroatoms. The van der Waals surface area contributed by atoms with Crippen molar-refractivity contribution < 1.29 is 9.90 Å². The van der Waals surface area contributed by atoms with Crippen molar-refractivity contribution >= 4 is 11.7 Å². The van der Waals surface area contributed by atoms with Crippen LogP contribution in [0, 0.1) is 0 Å². The molecule has 1 aromatic rings. The van der Waals surface area contributed by atoms with Crippen molar-refractivity contribution in [2.45, 2.75) is 13.8 Å². The van der Waals surface area contributed by atoms with E-state index in [0.29, 0.717) is 5.56 Å². The molecule has 0 aromatic heterocycles. The molecule has 0 saturated carbocycles. The molecule has 0 heterocycles. The minimum atomic E-state index is -0.868. The number of benzene rings is 1. The van der Waals surface area contributed by atoms with Crippen LogP contribution in [0.5, 0.6) is 0 Å². The lowest BCUT2D eigenvalue weighted by Gasteiger charge is -2.22. The molecule has 0 radical (unpaired) electrons. The molecular formula is C11H15NO2. The number of hydrogen-bond acceptors (Lipinski definition) is 2. The van der Waals surface area contributed by atoms with Gasteiger partial charge in [0.15, 0.2) is 0 Å². The van der Waals surface area contributed by atoms with Gasteiger partial charge >= 0.3 is 5.97 Å². The van der Waals surface area contributed by atoms with Crippen LogP contribution in [0.3, 0.4) is 0 Å². The van der Waals surface area contributed by atoms with Crippen molar-refractivity contribution in [3.63, 3.8) is 0 Å². The molecule has 76 valence electrons. The first-order valence-corrected chi connectivity index (χ1v) is 4.78. The number of carboxylic acid groups (broad SMARTS) is 1. The van der Waals surface area contributed by atoms with Gasteiger partial charge in [0.25, 0.3) is 0 Å². The second kappa shape index (κ2) is 4.65. The van der Waals surface area contributed by atoms with Crippen LogP contribution in [-0.2, 0) is 0 Å². The van der Waals surface area contributed by atoms with Crippen molar-refractivity contribution in [3.05, 3.63) is 29.8 Å². The van der Waals surface area contributed by atoms with Crippen molar-refractivity contribution in [1.82, 2.24) is 0 Å². The first-order valence-electron chi connectivity index (χ1n) is 4.78. The highest BCUT2D eigenvalue weighted by Crippen LogP contribution is 2.19. The van der Waals surface area contributed by atoms with Gasteiger partial charge in [-0.1, -0.05) is 12.1 Å². The lowest BCUT2D eigenvalue weighted by molar-refractivity contribution is 0.0697. The van der Waals surface area contributed by atoms with E-state index in [1.54, 1.807) is 12.1 Å². The zero-order valence-corrected chi connectivity index (χ0v) is 8.53. The molecule has 0 aliphatic carbocycles. The molecular weight excluding hydrogens is 178 g/mol. The van der Waals surface area contributed by atoms with Gasteiger partial charge in [0.1, 0.15) is 0 Å². The van der Waals surface area contributed by atoms with Crippen LogP contribution in [0.15, 0.2) is 24.3 Å². The number of para-hydroxylation sites is 1. The Kier molecular flexibility index (Phi) is 3.51. The highest BCUT2D eigenvalue weighted by atomic mass is 16.4. The molecule has 0 fully saturated rings. The molecule has 0 spiro atoms. The Morgan fingerprint density at radius 2 is 1.86 bits per heavy atom. The van der Waals surface area contributed by atoms with Crippen LogP contribution < -0.4 is 4.90 Å². The molecule has 0 unspecified atom stereocenters. The summed E-state index contributed by atoms with van der Waals surface area (Å²) >= 11 is 0. The molecule has 0 aliphatic rings. The van der Waals surface area contributed by atoms with Gasteiger partial charge in [0.2, 0.25) is 0 Å². The van der Waals surface area contributed by atoms with E-state index in [2.05, 4.69) is 0 Å². The summed E-state index contributed by atoms with van der Waals surface area (Å²) in [5.74, 6) is -0.868. The van der Waals surface area contributed by atoms with Crippen LogP contribution in [0.25, 0.3) is 0 Å². The summed E-state index contributed by atoms with van der Waals surface area (Å²) in [6.07, 6.45) is 0. The summed E-state index contributed by atoms with van der Waals surface area (Å²) in [5.41, 5.74) is 1.17. The first kappa shape index (κ1) is 10.6. The smallest absolute Gasteiger partial charge is 0.337 e. The molecule has 0 amide bonds. The van der Waals surface area contributed by atoms with E-state index in [1.807, 2.05) is 30.9 Å². The second-order valence-electron chi connectivity index (χ2n) is 2.99. The Morgan fingerprint density at radius 3 is 2.36 bits per heavy atom. The van der Waals surface area contributed by atoms with E-state index in [4.69, 9.17) is 5.11 Å². The average molecular weight is 193 g/mol. The Labute approximate surface area is 84.0 Å². The lowest BCUT2D eigenvalue weighted by Crippen LogP contribution is -2.24. The highest BCUT2D eigenvalue weighted by Gasteiger charge is 2.12. The van der Waals surface area contributed by atoms with Crippen molar-refractivity contribution in [1.29, 1.82) is 0 Å². The first-order chi connectivity index (χ1) is 6.70. The molecule has 1 rings (SSSR count). The van der Waals surface area contributed by atoms with Crippen molar-refractivity contribution in [2.75, 3.05) is 18.0 Å². The van der Waals surface area contributed by atoms with Gasteiger partial charge in [-0.2, -0.15) is 0 Å². The van der Waals surface area contributed by atoms with E-state index in [9.17, 15) is 4.79 Å². The minimum Gasteiger partial charge on any atom is -0.478 e. The summed E-state index contributed by atoms with van der Waals surface area (Å²) in [4.78, 5) is 13.0. The Morgan fingerprint density at radius 1 is 1.29 bits per heavy atom. The zero-order valence-electron chi connectivity index (χ0n) is 8.53. The third-order valence-corrected chi connectivity index (χ3v) is 2.24. The summed E-state index contributed by atoms with van der Waals surface area (Å²) in [7, 11) is 0. The van der Waals surface area contributed by atoms with E-state index in [-0.39, 0.29) is 0 Å². The van der Waals surface area contributed by atoms with Gasteiger partial charge in [-0.3, -0.25) is 0 Å². The SMILES string of the molecule is CCN(CC)c1ccccc1C(=O)O. The molecule has 1 aromatic carbocycles. The largest absolute Gasteiger partial charge is 0.478 e. The van der Waals surface area contributed by atoms with Gasteiger partial charge < -0.3 is 10.0 Å². The third kappa shape index (κ3) is 2.05. The molecule has 0 aliphatic heterocycles. The fourth-order valence-corrected chi connectivity index (χ4v) is 1.49. The predicted octanol–water partition coefficient (Wildman–Crippen LogP) is 2.23. The quantitative estimate of drug-likeness (QED) is 0.797. The summed E-state index contributed by atoms with van der Waals surface area (Å²) < 4.78 is 0. The van der Waals surface area contributed by atoms with Crippen LogP contribution in [0.2, 0.25) is 0 Å². The zero-order chi connectivity index (χ0) is 10.6. The van der Waals surface area contributed by atoms with Crippen LogP contribution in [0.1, 0.15) is 24.2 Å². The minimum absolute atomic E-state index is 0.371. The molecule has 0 bridgehead atoms. The second-order valence-corrected chi connectivity index (χ2v) is 2.99. The van der Waals surface area contributed by atoms with E-state index in [0.717, 1.165) is 18.8 Å². The number of nitrogens with zero attached hydrogens (tertiary/aromatic N) is 1. The molecule has 0 atom stereocenters. The van der Waals surface area contributed by atoms with Crippen LogP contribution in [0.4, 0.5) is 5.69 Å². The number of rotatable bonds is 4. The fraction of sp³-hybridized carbons (Fsp3) is 0.364. The predicted molar refractivity (Wildman–Crippen MR) is 57.0 cm³/mol. The number of carbonyl (C=O) groups is 1. The maximum absolute atomic E-state index is 10.9. The normalized spacial score (nSPS) is 9.86. The lowest BCUT2D eigenvalue weighted by atomic mass is 10.1. The Hall–Kier alpha value is -1.51. The van der Waals surface area contributed by atoms with Gasteiger partial charge in [-0.15, -0.1) is 0 Å². The van der Waals surface area contributed by atoms with E-state index in [1.165, 1.54) is 0 Å². The van der Waals surface area contributed by atoms with Crippen LogP contribution >= 0.6 is 0 Å². The number of aromatic carboxylic acids is 1. The number of anilines is 1. The third-order valence-electron chi connectivity index (χ3n) is 2.24.